The molecule has 0 aromatic heterocycles. The molecule has 1 saturated heterocycles. The molecular formula is C23H26ClFN4O2S. The van der Waals surface area contributed by atoms with Crippen LogP contribution in [0.3, 0.4) is 0 Å². The van der Waals surface area contributed by atoms with E-state index in [0.717, 1.165) is 35.4 Å². The molecule has 9 heteroatoms. The first-order valence-corrected chi connectivity index (χ1v) is 11.9. The third-order valence-electron chi connectivity index (χ3n) is 6.37. The second-order valence-electron chi connectivity index (χ2n) is 8.41. The highest BCUT2D eigenvalue weighted by molar-refractivity contribution is 8.00. The summed E-state index contributed by atoms with van der Waals surface area (Å²) >= 11 is 7.68. The van der Waals surface area contributed by atoms with Crippen LogP contribution in [0.4, 0.5) is 15.8 Å². The Hall–Kier alpha value is -2.29. The highest BCUT2D eigenvalue weighted by atomic mass is 35.5. The van der Waals surface area contributed by atoms with E-state index in [1.807, 2.05) is 17.0 Å². The monoisotopic (exact) mass is 476 g/mol. The van der Waals surface area contributed by atoms with Gasteiger partial charge in [0.2, 0.25) is 12.3 Å². The van der Waals surface area contributed by atoms with Crippen LogP contribution in [-0.2, 0) is 16.0 Å². The SMILES string of the molecule is NCC1(Cc2ccc(F)cc2)CCN(C(=O)C2CNc3cc(Cl)c(NC=O)cc3S2)CC1. The zero-order valence-electron chi connectivity index (χ0n) is 17.6. The summed E-state index contributed by atoms with van der Waals surface area (Å²) in [5, 5.41) is 6.07. The topological polar surface area (TPSA) is 87.5 Å². The molecule has 4 N–H and O–H groups in total. The summed E-state index contributed by atoms with van der Waals surface area (Å²) in [5.41, 5.74) is 8.53. The van der Waals surface area contributed by atoms with Gasteiger partial charge in [-0.2, -0.15) is 0 Å². The summed E-state index contributed by atoms with van der Waals surface area (Å²) in [6.45, 7) is 2.35. The maximum absolute atomic E-state index is 13.2. The lowest BCUT2D eigenvalue weighted by Crippen LogP contribution is -2.50. The Morgan fingerprint density at radius 3 is 2.69 bits per heavy atom. The van der Waals surface area contributed by atoms with Crippen LogP contribution in [0.25, 0.3) is 0 Å². The van der Waals surface area contributed by atoms with Gasteiger partial charge in [-0.15, -0.1) is 11.8 Å². The van der Waals surface area contributed by atoms with E-state index in [-0.39, 0.29) is 22.4 Å². The number of likely N-dealkylation sites (tertiary alicyclic amines) is 1. The molecule has 2 aromatic carbocycles. The van der Waals surface area contributed by atoms with Crippen molar-refractivity contribution in [2.75, 3.05) is 36.8 Å². The van der Waals surface area contributed by atoms with E-state index in [2.05, 4.69) is 10.6 Å². The van der Waals surface area contributed by atoms with Crippen LogP contribution in [0, 0.1) is 11.2 Å². The number of hydrogen-bond donors (Lipinski definition) is 3. The Bertz CT molecular complexity index is 996. The first-order chi connectivity index (χ1) is 15.4. The van der Waals surface area contributed by atoms with E-state index < -0.39 is 0 Å². The number of fused-ring (bicyclic) bond motifs is 1. The third-order valence-corrected chi connectivity index (χ3v) is 7.92. The summed E-state index contributed by atoms with van der Waals surface area (Å²) in [6, 6.07) is 10.1. The Morgan fingerprint density at radius 2 is 2.03 bits per heavy atom. The van der Waals surface area contributed by atoms with Crippen molar-refractivity contribution in [2.45, 2.75) is 29.4 Å². The van der Waals surface area contributed by atoms with Crippen molar-refractivity contribution in [2.24, 2.45) is 11.1 Å². The molecule has 32 heavy (non-hydrogen) atoms. The van der Waals surface area contributed by atoms with Gasteiger partial charge >= 0.3 is 0 Å². The molecule has 0 aliphatic carbocycles. The normalized spacial score (nSPS) is 19.6. The summed E-state index contributed by atoms with van der Waals surface area (Å²) in [6.07, 6.45) is 3.00. The molecule has 2 aliphatic rings. The number of hydrogen-bond acceptors (Lipinski definition) is 5. The predicted octanol–water partition coefficient (Wildman–Crippen LogP) is 3.74. The van der Waals surface area contributed by atoms with E-state index in [1.54, 1.807) is 12.1 Å². The van der Waals surface area contributed by atoms with Crippen LogP contribution < -0.4 is 16.4 Å². The van der Waals surface area contributed by atoms with E-state index >= 15 is 0 Å². The molecule has 1 atom stereocenters. The molecular weight excluding hydrogens is 451 g/mol. The Morgan fingerprint density at radius 1 is 1.31 bits per heavy atom. The first-order valence-electron chi connectivity index (χ1n) is 10.6. The minimum absolute atomic E-state index is 0.0781. The number of carbonyl (C=O) groups is 2. The lowest BCUT2D eigenvalue weighted by atomic mass is 9.74. The van der Waals surface area contributed by atoms with E-state index in [1.165, 1.54) is 23.9 Å². The van der Waals surface area contributed by atoms with Crippen LogP contribution in [0.2, 0.25) is 5.02 Å². The third kappa shape index (κ3) is 4.87. The molecule has 6 nitrogen and oxygen atoms in total. The predicted molar refractivity (Wildman–Crippen MR) is 127 cm³/mol. The first kappa shape index (κ1) is 22.9. The van der Waals surface area contributed by atoms with Crippen molar-refractivity contribution in [3.8, 4) is 0 Å². The molecule has 0 saturated carbocycles. The number of anilines is 2. The molecule has 2 aliphatic heterocycles. The van der Waals surface area contributed by atoms with E-state index in [4.69, 9.17) is 17.3 Å². The molecule has 170 valence electrons. The molecule has 0 bridgehead atoms. The fraction of sp³-hybridized carbons (Fsp3) is 0.391. The Labute approximate surface area is 196 Å². The van der Waals surface area contributed by atoms with Crippen LogP contribution in [0.15, 0.2) is 41.3 Å². The summed E-state index contributed by atoms with van der Waals surface area (Å²) in [7, 11) is 0. The fourth-order valence-electron chi connectivity index (χ4n) is 4.39. The lowest BCUT2D eigenvalue weighted by molar-refractivity contribution is -0.132. The number of rotatable bonds is 6. The second kappa shape index (κ2) is 9.68. The van der Waals surface area contributed by atoms with E-state index in [0.29, 0.717) is 43.3 Å². The molecule has 2 heterocycles. The second-order valence-corrected chi connectivity index (χ2v) is 10.1. The lowest BCUT2D eigenvalue weighted by Gasteiger charge is -2.42. The zero-order chi connectivity index (χ0) is 22.7. The number of halogens is 2. The molecule has 0 spiro atoms. The van der Waals surface area contributed by atoms with E-state index in [9.17, 15) is 14.0 Å². The van der Waals surface area contributed by atoms with Gasteiger partial charge < -0.3 is 21.3 Å². The Kier molecular flexibility index (Phi) is 6.93. The number of nitrogens with two attached hydrogens (primary N) is 1. The number of thioether (sulfide) groups is 1. The van der Waals surface area contributed by atoms with Gasteiger partial charge in [-0.05, 0) is 61.1 Å². The number of carbonyl (C=O) groups excluding carboxylic acids is 2. The van der Waals surface area contributed by atoms with Crippen molar-refractivity contribution in [3.05, 3.63) is 52.8 Å². The van der Waals surface area contributed by atoms with Crippen LogP contribution in [0.5, 0.6) is 0 Å². The summed E-state index contributed by atoms with van der Waals surface area (Å²) < 4.78 is 13.2. The minimum Gasteiger partial charge on any atom is -0.382 e. The quantitative estimate of drug-likeness (QED) is 0.553. The van der Waals surface area contributed by atoms with Gasteiger partial charge in [-0.1, -0.05) is 23.7 Å². The van der Waals surface area contributed by atoms with Gasteiger partial charge in [-0.25, -0.2) is 4.39 Å². The number of nitrogens with zero attached hydrogens (tertiary/aromatic N) is 1. The number of amides is 2. The van der Waals surface area contributed by atoms with Crippen molar-refractivity contribution in [3.63, 3.8) is 0 Å². The fourth-order valence-corrected chi connectivity index (χ4v) is 5.78. The van der Waals surface area contributed by atoms with Crippen molar-refractivity contribution < 1.29 is 14.0 Å². The minimum atomic E-state index is -0.254. The molecule has 1 unspecified atom stereocenters. The standard InChI is InChI=1S/C23H26ClFN4O2S/c24-17-9-19-20(10-18(17)28-14-30)32-21(12-27-19)22(31)29-7-5-23(13-26,6-8-29)11-15-1-3-16(25)4-2-15/h1-4,9-10,14,21,27H,5-8,11-13,26H2,(H,28,30). The van der Waals surface area contributed by atoms with Gasteiger partial charge in [0.15, 0.2) is 0 Å². The largest absolute Gasteiger partial charge is 0.382 e. The summed E-state index contributed by atoms with van der Waals surface area (Å²) in [5.74, 6) is -0.145. The van der Waals surface area contributed by atoms with Crippen molar-refractivity contribution in [1.29, 1.82) is 0 Å². The molecule has 1 fully saturated rings. The Balaban J connectivity index is 1.39. The smallest absolute Gasteiger partial charge is 0.237 e. The molecule has 0 radical (unpaired) electrons. The highest BCUT2D eigenvalue weighted by Gasteiger charge is 2.37. The maximum atomic E-state index is 13.2. The van der Waals surface area contributed by atoms with Gasteiger partial charge in [-0.3, -0.25) is 9.59 Å². The maximum Gasteiger partial charge on any atom is 0.237 e. The average molecular weight is 477 g/mol. The van der Waals surface area contributed by atoms with Crippen LogP contribution in [0.1, 0.15) is 18.4 Å². The average Bonchev–Trinajstić information content (AvgIpc) is 2.81. The van der Waals surface area contributed by atoms with Crippen LogP contribution in [-0.4, -0.2) is 48.6 Å². The van der Waals surface area contributed by atoms with Gasteiger partial charge in [0.05, 0.1) is 10.7 Å². The van der Waals surface area contributed by atoms with Crippen molar-refractivity contribution in [1.82, 2.24) is 4.90 Å². The van der Waals surface area contributed by atoms with Gasteiger partial charge in [0.1, 0.15) is 11.1 Å². The number of piperidine rings is 1. The molecule has 2 amide bonds. The highest BCUT2D eigenvalue weighted by Crippen LogP contribution is 2.41. The number of benzene rings is 2. The van der Waals surface area contributed by atoms with Crippen molar-refractivity contribution >= 4 is 47.1 Å². The van der Waals surface area contributed by atoms with Gasteiger partial charge in [0, 0.05) is 30.2 Å². The van der Waals surface area contributed by atoms with Gasteiger partial charge in [0.25, 0.3) is 0 Å². The number of nitrogens with one attached hydrogen (secondary N) is 2. The molecule has 2 aromatic rings. The zero-order valence-corrected chi connectivity index (χ0v) is 19.1. The molecule has 4 rings (SSSR count). The van der Waals surface area contributed by atoms with Crippen LogP contribution >= 0.6 is 23.4 Å². The summed E-state index contributed by atoms with van der Waals surface area (Å²) in [4.78, 5) is 26.8.